The third kappa shape index (κ3) is 4.98. The van der Waals surface area contributed by atoms with Gasteiger partial charge in [0.05, 0.1) is 16.8 Å². The first-order valence-corrected chi connectivity index (χ1v) is 20.8. The Morgan fingerprint density at radius 1 is 0.534 bits per heavy atom. The van der Waals surface area contributed by atoms with Gasteiger partial charge in [0.2, 0.25) is 0 Å². The zero-order valence-corrected chi connectivity index (χ0v) is 32.6. The topological polar surface area (TPSA) is 35.0 Å². The van der Waals surface area contributed by atoms with Crippen LogP contribution in [0.25, 0.3) is 70.8 Å². The maximum atomic E-state index is 6.84. The monoisotopic (exact) mass is 760 g/mol. The largest absolute Gasteiger partial charge is 0.457 e. The standard InChI is InChI=1S/C54H36N2OS/c1-33-19-26-40-39-13-5-7-15-43(39)54(46(40)29-33)44-16-8-9-17-49(44)57-50-30-37(25-28-45(50)54)34-20-22-35(23-21-34)47-32-48(56-53(55-47)36-11-3-2-4-12-36)38-24-27-42-41-14-6-10-18-51(41)58-52(42)31-38/h2-28,30-33H,29H2,1H3. The van der Waals surface area contributed by atoms with Gasteiger partial charge >= 0.3 is 0 Å². The molecule has 4 heteroatoms. The van der Waals surface area contributed by atoms with Gasteiger partial charge in [-0.2, -0.15) is 0 Å². The predicted octanol–water partition coefficient (Wildman–Crippen LogP) is 14.3. The fourth-order valence-corrected chi connectivity index (χ4v) is 10.8. The molecule has 274 valence electrons. The highest BCUT2D eigenvalue weighted by atomic mass is 32.1. The minimum absolute atomic E-state index is 0.403. The number of thiophene rings is 1. The summed E-state index contributed by atoms with van der Waals surface area (Å²) in [5.41, 5.74) is 14.7. The van der Waals surface area contributed by atoms with E-state index in [9.17, 15) is 0 Å². The molecule has 1 aliphatic heterocycles. The third-order valence-electron chi connectivity index (χ3n) is 12.4. The van der Waals surface area contributed by atoms with Crippen LogP contribution < -0.4 is 4.74 Å². The number of fused-ring (bicyclic) bond motifs is 11. The molecule has 0 amide bonds. The van der Waals surface area contributed by atoms with Crippen molar-refractivity contribution in [3.8, 4) is 56.5 Å². The Morgan fingerprint density at radius 3 is 2.09 bits per heavy atom. The lowest BCUT2D eigenvalue weighted by atomic mass is 9.63. The lowest BCUT2D eigenvalue weighted by Crippen LogP contribution is -2.34. The summed E-state index contributed by atoms with van der Waals surface area (Å²) < 4.78 is 9.39. The van der Waals surface area contributed by atoms with E-state index in [1.807, 2.05) is 29.5 Å². The van der Waals surface area contributed by atoms with E-state index in [4.69, 9.17) is 14.7 Å². The molecule has 0 radical (unpaired) electrons. The maximum absolute atomic E-state index is 6.84. The van der Waals surface area contributed by atoms with Crippen molar-refractivity contribution in [3.63, 3.8) is 0 Å². The second kappa shape index (κ2) is 12.8. The molecule has 9 aromatic rings. The van der Waals surface area contributed by atoms with Crippen LogP contribution in [-0.2, 0) is 5.41 Å². The number of ether oxygens (including phenoxy) is 1. The Bertz CT molecular complexity index is 3190. The fraction of sp³-hybridized carbons (Fsp3) is 0.0741. The SMILES string of the molecule is CC1C=CC2=C(C1)C1(c3ccccc3Oc3cc(-c4ccc(-c5cc(-c6ccc7c(c6)sc6ccccc67)nc(-c6ccccc6)n5)cc4)ccc31)c1ccccc12. The van der Waals surface area contributed by atoms with Crippen LogP contribution in [0, 0.1) is 5.92 Å². The summed E-state index contributed by atoms with van der Waals surface area (Å²) in [6.07, 6.45) is 5.73. The number of rotatable bonds is 4. The number of para-hydroxylation sites is 1. The fourth-order valence-electron chi connectivity index (χ4n) is 9.69. The van der Waals surface area contributed by atoms with Crippen molar-refractivity contribution in [2.75, 3.05) is 0 Å². The Kier molecular flexibility index (Phi) is 7.36. The minimum atomic E-state index is -0.403. The van der Waals surface area contributed by atoms with E-state index >= 15 is 0 Å². The highest BCUT2D eigenvalue weighted by molar-refractivity contribution is 7.25. The lowest BCUT2D eigenvalue weighted by Gasteiger charge is -2.41. The molecule has 0 fully saturated rings. The molecule has 2 unspecified atom stereocenters. The van der Waals surface area contributed by atoms with Gasteiger partial charge in [-0.25, -0.2) is 9.97 Å². The average molecular weight is 761 g/mol. The normalized spacial score (nSPS) is 17.6. The van der Waals surface area contributed by atoms with Crippen LogP contribution in [0.2, 0.25) is 0 Å². The zero-order chi connectivity index (χ0) is 38.4. The van der Waals surface area contributed by atoms with Crippen LogP contribution in [0.15, 0.2) is 188 Å². The van der Waals surface area contributed by atoms with E-state index in [-0.39, 0.29) is 0 Å². The van der Waals surface area contributed by atoms with Gasteiger partial charge < -0.3 is 4.74 Å². The Hall–Kier alpha value is -6.88. The van der Waals surface area contributed by atoms with Crippen LogP contribution in [0.5, 0.6) is 11.5 Å². The van der Waals surface area contributed by atoms with Crippen molar-refractivity contribution in [2.45, 2.75) is 18.8 Å². The van der Waals surface area contributed by atoms with Gasteiger partial charge in [0.15, 0.2) is 5.82 Å². The quantitative estimate of drug-likeness (QED) is 0.179. The molecule has 1 spiro atoms. The van der Waals surface area contributed by atoms with E-state index in [1.54, 1.807) is 0 Å². The van der Waals surface area contributed by atoms with E-state index < -0.39 is 5.41 Å². The van der Waals surface area contributed by atoms with Crippen molar-refractivity contribution >= 4 is 37.1 Å². The van der Waals surface area contributed by atoms with Crippen LogP contribution in [0.1, 0.15) is 35.6 Å². The van der Waals surface area contributed by atoms with E-state index in [1.165, 1.54) is 53.6 Å². The molecular formula is C54H36N2OS. The molecule has 2 aliphatic carbocycles. The molecule has 2 atom stereocenters. The van der Waals surface area contributed by atoms with Crippen molar-refractivity contribution in [3.05, 3.63) is 210 Å². The highest BCUT2D eigenvalue weighted by Crippen LogP contribution is 2.63. The summed E-state index contributed by atoms with van der Waals surface area (Å²) in [5.74, 6) is 3.01. The molecule has 0 saturated carbocycles. The number of hydrogen-bond acceptors (Lipinski definition) is 4. The van der Waals surface area contributed by atoms with Gasteiger partial charge in [-0.05, 0) is 76.1 Å². The van der Waals surface area contributed by atoms with E-state index in [0.717, 1.165) is 57.1 Å². The number of benzene rings is 7. The molecule has 3 nitrogen and oxygen atoms in total. The Balaban J connectivity index is 0.950. The van der Waals surface area contributed by atoms with Crippen LogP contribution in [0.3, 0.4) is 0 Å². The number of aromatic nitrogens is 2. The smallest absolute Gasteiger partial charge is 0.160 e. The number of nitrogens with zero attached hydrogens (tertiary/aromatic N) is 2. The molecule has 0 bridgehead atoms. The second-order valence-corrected chi connectivity index (χ2v) is 16.8. The van der Waals surface area contributed by atoms with Crippen LogP contribution in [-0.4, -0.2) is 9.97 Å². The van der Waals surface area contributed by atoms with Crippen molar-refractivity contribution in [2.24, 2.45) is 5.92 Å². The van der Waals surface area contributed by atoms with Crippen LogP contribution in [0.4, 0.5) is 0 Å². The lowest BCUT2D eigenvalue weighted by molar-refractivity contribution is 0.429. The molecule has 0 N–H and O–H groups in total. The van der Waals surface area contributed by atoms with Gasteiger partial charge in [-0.15, -0.1) is 11.3 Å². The Labute approximate surface area is 341 Å². The zero-order valence-electron chi connectivity index (χ0n) is 31.8. The Morgan fingerprint density at radius 2 is 1.21 bits per heavy atom. The first-order chi connectivity index (χ1) is 28.6. The summed E-state index contributed by atoms with van der Waals surface area (Å²) in [6, 6.07) is 61.0. The van der Waals surface area contributed by atoms with Crippen LogP contribution >= 0.6 is 11.3 Å². The molecule has 3 aliphatic rings. The summed E-state index contributed by atoms with van der Waals surface area (Å²) in [7, 11) is 0. The highest BCUT2D eigenvalue weighted by Gasteiger charge is 2.52. The molecule has 12 rings (SSSR count). The summed E-state index contributed by atoms with van der Waals surface area (Å²) in [4.78, 5) is 10.3. The van der Waals surface area contributed by atoms with Crippen molar-refractivity contribution in [1.29, 1.82) is 0 Å². The molecule has 3 heterocycles. The molecular weight excluding hydrogens is 725 g/mol. The van der Waals surface area contributed by atoms with E-state index in [2.05, 4.69) is 171 Å². The first-order valence-electron chi connectivity index (χ1n) is 20.0. The second-order valence-electron chi connectivity index (χ2n) is 15.8. The predicted molar refractivity (Wildman–Crippen MR) is 239 cm³/mol. The maximum Gasteiger partial charge on any atom is 0.160 e. The summed E-state index contributed by atoms with van der Waals surface area (Å²) in [5, 5.41) is 2.57. The summed E-state index contributed by atoms with van der Waals surface area (Å²) in [6.45, 7) is 2.33. The molecule has 58 heavy (non-hydrogen) atoms. The number of hydrogen-bond donors (Lipinski definition) is 0. The van der Waals surface area contributed by atoms with Gasteiger partial charge in [-0.1, -0.05) is 159 Å². The van der Waals surface area contributed by atoms with Gasteiger partial charge in [0.1, 0.15) is 11.5 Å². The van der Waals surface area contributed by atoms with E-state index in [0.29, 0.717) is 11.7 Å². The van der Waals surface area contributed by atoms with Gasteiger partial charge in [0, 0.05) is 48.0 Å². The van der Waals surface area contributed by atoms with Crippen molar-refractivity contribution < 1.29 is 4.74 Å². The average Bonchev–Trinajstić information content (AvgIpc) is 3.79. The molecule has 7 aromatic carbocycles. The molecule has 0 saturated heterocycles. The van der Waals surface area contributed by atoms with Crippen molar-refractivity contribution in [1.82, 2.24) is 9.97 Å². The van der Waals surface area contributed by atoms with Gasteiger partial charge in [-0.3, -0.25) is 0 Å². The third-order valence-corrected chi connectivity index (χ3v) is 13.5. The first kappa shape index (κ1) is 33.3. The molecule has 2 aromatic heterocycles. The summed E-state index contributed by atoms with van der Waals surface area (Å²) >= 11 is 1.83. The minimum Gasteiger partial charge on any atom is -0.457 e. The van der Waals surface area contributed by atoms with Gasteiger partial charge in [0.25, 0.3) is 0 Å². The number of allylic oxidation sites excluding steroid dienone is 4.